The average molecular weight is 378 g/mol. The quantitative estimate of drug-likeness (QED) is 0.686. The zero-order chi connectivity index (χ0) is 19.2. The highest BCUT2D eigenvalue weighted by molar-refractivity contribution is 5.20. The lowest BCUT2D eigenvalue weighted by atomic mass is 9.90. The Morgan fingerprint density at radius 2 is 1.64 bits per heavy atom. The Morgan fingerprint density at radius 1 is 0.964 bits per heavy atom. The van der Waals surface area contributed by atoms with E-state index in [1.165, 1.54) is 10.2 Å². The number of piperidine rings is 1. The first kappa shape index (κ1) is 18.7. The van der Waals surface area contributed by atoms with Gasteiger partial charge in [0.25, 0.3) is 0 Å². The largest absolute Gasteiger partial charge is 0.369 e. The Morgan fingerprint density at radius 3 is 2.36 bits per heavy atom. The molecule has 0 saturated carbocycles. The van der Waals surface area contributed by atoms with Crippen LogP contribution in [0.4, 0.5) is 0 Å². The molecule has 0 atom stereocenters. The minimum absolute atomic E-state index is 0.177. The summed E-state index contributed by atoms with van der Waals surface area (Å²) < 4.78 is 7.17. The number of nitrogens with one attached hydrogen (secondary N) is 1. The number of likely N-dealkylation sites (tertiary alicyclic amines) is 1. The highest BCUT2D eigenvalue weighted by Crippen LogP contribution is 2.27. The molecule has 0 radical (unpaired) electrons. The molecule has 1 aliphatic heterocycles. The molecular weight excluding hydrogens is 352 g/mol. The highest BCUT2D eigenvalue weighted by atomic mass is 16.5. The number of aromatic nitrogens is 3. The molecule has 1 aromatic heterocycles. The minimum Gasteiger partial charge on any atom is -0.369 e. The maximum atomic E-state index is 12.2. The van der Waals surface area contributed by atoms with Gasteiger partial charge in [-0.2, -0.15) is 9.78 Å². The van der Waals surface area contributed by atoms with E-state index in [1.54, 1.807) is 0 Å². The van der Waals surface area contributed by atoms with Gasteiger partial charge in [0, 0.05) is 13.1 Å². The number of nitrogens with zero attached hydrogens (tertiary/aromatic N) is 3. The summed E-state index contributed by atoms with van der Waals surface area (Å²) in [6.07, 6.45) is 2.21. The molecule has 1 saturated heterocycles. The first-order chi connectivity index (χ1) is 13.8. The van der Waals surface area contributed by atoms with E-state index >= 15 is 0 Å². The highest BCUT2D eigenvalue weighted by Gasteiger charge is 2.21. The number of hydrogen-bond donors (Lipinski definition) is 1. The summed E-state index contributed by atoms with van der Waals surface area (Å²) in [5.74, 6) is 1.18. The summed E-state index contributed by atoms with van der Waals surface area (Å²) in [6.45, 7) is 3.27. The van der Waals surface area contributed by atoms with Crippen LogP contribution < -0.4 is 5.69 Å². The molecule has 6 heteroatoms. The maximum absolute atomic E-state index is 12.2. The van der Waals surface area contributed by atoms with Crippen molar-refractivity contribution in [2.45, 2.75) is 38.6 Å². The third-order valence-corrected chi connectivity index (χ3v) is 5.27. The van der Waals surface area contributed by atoms with E-state index in [1.807, 2.05) is 30.3 Å². The smallest absolute Gasteiger partial charge is 0.344 e. The van der Waals surface area contributed by atoms with Gasteiger partial charge in [-0.15, -0.1) is 0 Å². The van der Waals surface area contributed by atoms with E-state index < -0.39 is 0 Å². The zero-order valence-electron chi connectivity index (χ0n) is 16.0. The van der Waals surface area contributed by atoms with E-state index in [9.17, 15) is 4.79 Å². The number of aromatic amines is 1. The number of rotatable bonds is 7. The van der Waals surface area contributed by atoms with Crippen molar-refractivity contribution in [1.82, 2.24) is 19.7 Å². The van der Waals surface area contributed by atoms with E-state index in [-0.39, 0.29) is 5.69 Å². The van der Waals surface area contributed by atoms with E-state index in [0.717, 1.165) is 31.5 Å². The molecule has 2 aromatic carbocycles. The predicted octanol–water partition coefficient (Wildman–Crippen LogP) is 3.13. The fourth-order valence-electron chi connectivity index (χ4n) is 3.73. The lowest BCUT2D eigenvalue weighted by Crippen LogP contribution is -2.37. The van der Waals surface area contributed by atoms with Crippen molar-refractivity contribution in [3.63, 3.8) is 0 Å². The summed E-state index contributed by atoms with van der Waals surface area (Å²) in [7, 11) is 0. The van der Waals surface area contributed by atoms with Gasteiger partial charge in [0.1, 0.15) is 6.61 Å². The molecular formula is C22H26N4O2. The molecule has 6 nitrogen and oxygen atoms in total. The zero-order valence-corrected chi connectivity index (χ0v) is 16.0. The Kier molecular flexibility index (Phi) is 5.99. The van der Waals surface area contributed by atoms with Gasteiger partial charge < -0.3 is 4.74 Å². The Hall–Kier alpha value is -2.70. The minimum atomic E-state index is -0.177. The molecule has 0 unspecified atom stereocenters. The van der Waals surface area contributed by atoms with Crippen molar-refractivity contribution in [2.24, 2.45) is 0 Å². The Balaban J connectivity index is 1.27. The predicted molar refractivity (Wildman–Crippen MR) is 108 cm³/mol. The van der Waals surface area contributed by atoms with Gasteiger partial charge in [-0.25, -0.2) is 4.79 Å². The first-order valence-electron chi connectivity index (χ1n) is 9.83. The van der Waals surface area contributed by atoms with Crippen molar-refractivity contribution in [2.75, 3.05) is 13.1 Å². The number of benzene rings is 2. The summed E-state index contributed by atoms with van der Waals surface area (Å²) in [4.78, 5) is 17.3. The van der Waals surface area contributed by atoms with Crippen molar-refractivity contribution < 1.29 is 4.74 Å². The number of ether oxygens (including phenoxy) is 1. The lowest BCUT2D eigenvalue weighted by molar-refractivity contribution is 0.101. The van der Waals surface area contributed by atoms with Gasteiger partial charge in [0.05, 0.1) is 13.3 Å². The third kappa shape index (κ3) is 4.77. The summed E-state index contributed by atoms with van der Waals surface area (Å²) in [5.41, 5.74) is 2.34. The summed E-state index contributed by atoms with van der Waals surface area (Å²) in [5, 5.41) is 4.39. The monoisotopic (exact) mass is 378 g/mol. The van der Waals surface area contributed by atoms with E-state index in [2.05, 4.69) is 45.3 Å². The van der Waals surface area contributed by atoms with Crippen LogP contribution in [-0.4, -0.2) is 32.8 Å². The van der Waals surface area contributed by atoms with Crippen molar-refractivity contribution in [3.8, 4) is 0 Å². The molecule has 0 spiro atoms. The van der Waals surface area contributed by atoms with Crippen LogP contribution in [0, 0.1) is 0 Å². The first-order valence-corrected chi connectivity index (χ1v) is 9.83. The SMILES string of the molecule is O=c1[nH]c(COCc2ccccc2)nn1CN1CCC(c2ccccc2)CC1. The van der Waals surface area contributed by atoms with Gasteiger partial charge in [0.15, 0.2) is 5.82 Å². The van der Waals surface area contributed by atoms with Crippen LogP contribution in [0.15, 0.2) is 65.5 Å². The second kappa shape index (κ2) is 8.99. The van der Waals surface area contributed by atoms with Crippen LogP contribution in [0.2, 0.25) is 0 Å². The molecule has 0 bridgehead atoms. The van der Waals surface area contributed by atoms with Crippen molar-refractivity contribution in [3.05, 3.63) is 88.1 Å². The average Bonchev–Trinajstić information content (AvgIpc) is 3.09. The normalized spacial score (nSPS) is 15.7. The van der Waals surface area contributed by atoms with Crippen LogP contribution in [-0.2, 0) is 24.6 Å². The maximum Gasteiger partial charge on any atom is 0.344 e. The van der Waals surface area contributed by atoms with Crippen LogP contribution in [0.3, 0.4) is 0 Å². The molecule has 146 valence electrons. The molecule has 1 N–H and O–H groups in total. The van der Waals surface area contributed by atoms with Gasteiger partial charge in [-0.1, -0.05) is 60.7 Å². The van der Waals surface area contributed by atoms with Gasteiger partial charge >= 0.3 is 5.69 Å². The van der Waals surface area contributed by atoms with Crippen LogP contribution >= 0.6 is 0 Å². The van der Waals surface area contributed by atoms with Gasteiger partial charge in [0.2, 0.25) is 0 Å². The van der Waals surface area contributed by atoms with Gasteiger partial charge in [-0.05, 0) is 29.9 Å². The van der Waals surface area contributed by atoms with Crippen LogP contribution in [0.25, 0.3) is 0 Å². The second-order valence-electron chi connectivity index (χ2n) is 7.30. The van der Waals surface area contributed by atoms with Gasteiger partial charge in [-0.3, -0.25) is 9.88 Å². The molecule has 0 amide bonds. The molecule has 4 rings (SSSR count). The van der Waals surface area contributed by atoms with E-state index in [4.69, 9.17) is 4.74 Å². The van der Waals surface area contributed by atoms with Crippen molar-refractivity contribution in [1.29, 1.82) is 0 Å². The second-order valence-corrected chi connectivity index (χ2v) is 7.30. The summed E-state index contributed by atoms with van der Waals surface area (Å²) in [6, 6.07) is 20.7. The lowest BCUT2D eigenvalue weighted by Gasteiger charge is -2.31. The topological polar surface area (TPSA) is 63.2 Å². The van der Waals surface area contributed by atoms with Crippen LogP contribution in [0.1, 0.15) is 35.7 Å². The molecule has 3 aromatic rings. The molecule has 1 fully saturated rings. The molecule has 1 aliphatic rings. The fraction of sp³-hybridized carbons (Fsp3) is 0.364. The van der Waals surface area contributed by atoms with Crippen LogP contribution in [0.5, 0.6) is 0 Å². The fourth-order valence-corrected chi connectivity index (χ4v) is 3.73. The molecule has 0 aliphatic carbocycles. The Bertz CT molecular complexity index is 912. The number of hydrogen-bond acceptors (Lipinski definition) is 4. The van der Waals surface area contributed by atoms with E-state index in [0.29, 0.717) is 31.6 Å². The summed E-state index contributed by atoms with van der Waals surface area (Å²) >= 11 is 0. The third-order valence-electron chi connectivity index (χ3n) is 5.27. The number of H-pyrrole nitrogens is 1. The molecule has 28 heavy (non-hydrogen) atoms. The standard InChI is InChI=1S/C22H26N4O2/c27-22-23-21(16-28-15-18-7-3-1-4-8-18)24-26(22)17-25-13-11-20(12-14-25)19-9-5-2-6-10-19/h1-10,20H,11-17H2,(H,23,24,27). The van der Waals surface area contributed by atoms with Crippen molar-refractivity contribution >= 4 is 0 Å². The molecule has 2 heterocycles. The Labute approximate surface area is 164 Å².